The highest BCUT2D eigenvalue weighted by atomic mass is 35.5. The van der Waals surface area contributed by atoms with Crippen LogP contribution in [0.25, 0.3) is 10.9 Å². The zero-order valence-electron chi connectivity index (χ0n) is 8.12. The number of hydrogen-bond acceptors (Lipinski definition) is 3. The van der Waals surface area contributed by atoms with Crippen LogP contribution < -0.4 is 11.4 Å². The fourth-order valence-corrected chi connectivity index (χ4v) is 1.67. The standard InChI is InChI=1S/C10H10ClN3O/c1-5(12)9-7-4-6(11)2-3-8(7)13-10(15)14-9/h2-5H,12H2,1H3,(H,13,14,15). The summed E-state index contributed by atoms with van der Waals surface area (Å²) >= 11 is 5.87. The molecule has 0 fully saturated rings. The van der Waals surface area contributed by atoms with Gasteiger partial charge in [-0.15, -0.1) is 0 Å². The van der Waals surface area contributed by atoms with Crippen LogP contribution in [0.15, 0.2) is 23.0 Å². The number of nitrogens with zero attached hydrogens (tertiary/aromatic N) is 1. The molecule has 1 unspecified atom stereocenters. The molecule has 5 heteroatoms. The van der Waals surface area contributed by atoms with Gasteiger partial charge in [0.1, 0.15) is 0 Å². The van der Waals surface area contributed by atoms with Crippen LogP contribution in [-0.2, 0) is 0 Å². The molecule has 15 heavy (non-hydrogen) atoms. The molecule has 1 heterocycles. The van der Waals surface area contributed by atoms with E-state index in [9.17, 15) is 4.79 Å². The monoisotopic (exact) mass is 223 g/mol. The Labute approximate surface area is 91.1 Å². The van der Waals surface area contributed by atoms with E-state index in [4.69, 9.17) is 17.3 Å². The van der Waals surface area contributed by atoms with Crippen molar-refractivity contribution in [1.29, 1.82) is 0 Å². The lowest BCUT2D eigenvalue weighted by Crippen LogP contribution is -2.18. The van der Waals surface area contributed by atoms with E-state index in [0.29, 0.717) is 16.2 Å². The average Bonchev–Trinajstić information content (AvgIpc) is 2.17. The molecule has 0 aliphatic heterocycles. The van der Waals surface area contributed by atoms with Crippen LogP contribution >= 0.6 is 11.6 Å². The van der Waals surface area contributed by atoms with Gasteiger partial charge in [0.15, 0.2) is 0 Å². The molecule has 1 atom stereocenters. The summed E-state index contributed by atoms with van der Waals surface area (Å²) in [4.78, 5) is 17.7. The summed E-state index contributed by atoms with van der Waals surface area (Å²) in [5.41, 5.74) is 6.63. The van der Waals surface area contributed by atoms with Crippen molar-refractivity contribution in [1.82, 2.24) is 9.97 Å². The summed E-state index contributed by atoms with van der Waals surface area (Å²) in [5, 5.41) is 1.38. The van der Waals surface area contributed by atoms with Crippen molar-refractivity contribution < 1.29 is 0 Å². The van der Waals surface area contributed by atoms with Gasteiger partial charge in [0.05, 0.1) is 5.52 Å². The minimum absolute atomic E-state index is 0.262. The minimum atomic E-state index is -0.392. The smallest absolute Gasteiger partial charge is 0.323 e. The summed E-state index contributed by atoms with van der Waals surface area (Å²) in [6, 6.07) is 4.89. The van der Waals surface area contributed by atoms with Crippen LogP contribution in [-0.4, -0.2) is 9.97 Å². The Morgan fingerprint density at radius 1 is 1.53 bits per heavy atom. The lowest BCUT2D eigenvalue weighted by Gasteiger charge is -2.08. The molecule has 0 amide bonds. The molecule has 1 aromatic heterocycles. The van der Waals surface area contributed by atoms with Gasteiger partial charge >= 0.3 is 5.69 Å². The molecule has 2 aromatic rings. The molecule has 4 nitrogen and oxygen atoms in total. The molecular weight excluding hydrogens is 214 g/mol. The Morgan fingerprint density at radius 3 is 2.93 bits per heavy atom. The van der Waals surface area contributed by atoms with E-state index in [2.05, 4.69) is 9.97 Å². The third-order valence-corrected chi connectivity index (χ3v) is 2.40. The lowest BCUT2D eigenvalue weighted by molar-refractivity contribution is 0.779. The first-order chi connectivity index (χ1) is 7.08. The van der Waals surface area contributed by atoms with Crippen molar-refractivity contribution in [2.24, 2.45) is 5.73 Å². The molecule has 0 spiro atoms. The first-order valence-corrected chi connectivity index (χ1v) is 4.91. The van der Waals surface area contributed by atoms with E-state index in [1.54, 1.807) is 25.1 Å². The lowest BCUT2D eigenvalue weighted by atomic mass is 10.1. The third-order valence-electron chi connectivity index (χ3n) is 2.17. The quantitative estimate of drug-likeness (QED) is 0.771. The number of aromatic amines is 1. The molecule has 2 rings (SSSR count). The topological polar surface area (TPSA) is 71.8 Å². The van der Waals surface area contributed by atoms with E-state index in [1.807, 2.05) is 0 Å². The zero-order valence-corrected chi connectivity index (χ0v) is 8.88. The van der Waals surface area contributed by atoms with Crippen molar-refractivity contribution in [3.8, 4) is 0 Å². The summed E-state index contributed by atoms with van der Waals surface area (Å²) < 4.78 is 0. The number of nitrogens with two attached hydrogens (primary N) is 1. The molecule has 0 bridgehead atoms. The van der Waals surface area contributed by atoms with Crippen LogP contribution in [0.3, 0.4) is 0 Å². The first-order valence-electron chi connectivity index (χ1n) is 4.53. The Balaban J connectivity index is 2.88. The maximum Gasteiger partial charge on any atom is 0.345 e. The molecule has 0 aliphatic carbocycles. The number of H-pyrrole nitrogens is 1. The van der Waals surface area contributed by atoms with E-state index < -0.39 is 5.69 Å². The minimum Gasteiger partial charge on any atom is -0.323 e. The number of fused-ring (bicyclic) bond motifs is 1. The van der Waals surface area contributed by atoms with Crippen LogP contribution in [0.5, 0.6) is 0 Å². The molecule has 78 valence electrons. The van der Waals surface area contributed by atoms with E-state index in [0.717, 1.165) is 5.39 Å². The maximum absolute atomic E-state index is 11.2. The van der Waals surface area contributed by atoms with E-state index >= 15 is 0 Å². The molecule has 0 saturated heterocycles. The van der Waals surface area contributed by atoms with Crippen molar-refractivity contribution in [2.45, 2.75) is 13.0 Å². The highest BCUT2D eigenvalue weighted by Gasteiger charge is 2.08. The van der Waals surface area contributed by atoms with Crippen molar-refractivity contribution in [3.05, 3.63) is 39.4 Å². The number of nitrogens with one attached hydrogen (secondary N) is 1. The van der Waals surface area contributed by atoms with E-state index in [-0.39, 0.29) is 6.04 Å². The predicted octanol–water partition coefficient (Wildman–Crippen LogP) is 1.60. The van der Waals surface area contributed by atoms with Crippen LogP contribution in [0.1, 0.15) is 18.7 Å². The fourth-order valence-electron chi connectivity index (χ4n) is 1.50. The summed E-state index contributed by atoms with van der Waals surface area (Å²) in [7, 11) is 0. The number of halogens is 1. The molecule has 0 saturated carbocycles. The highest BCUT2D eigenvalue weighted by Crippen LogP contribution is 2.21. The van der Waals surface area contributed by atoms with Gasteiger partial charge in [0, 0.05) is 22.1 Å². The van der Waals surface area contributed by atoms with Crippen molar-refractivity contribution in [3.63, 3.8) is 0 Å². The summed E-state index contributed by atoms with van der Waals surface area (Å²) in [5.74, 6) is 0. The fraction of sp³-hybridized carbons (Fsp3) is 0.200. The molecule has 0 radical (unpaired) electrons. The normalized spacial score (nSPS) is 13.0. The maximum atomic E-state index is 11.2. The second-order valence-electron chi connectivity index (χ2n) is 3.41. The second-order valence-corrected chi connectivity index (χ2v) is 3.84. The van der Waals surface area contributed by atoms with Gasteiger partial charge in [-0.1, -0.05) is 11.6 Å². The molecular formula is C10H10ClN3O. The van der Waals surface area contributed by atoms with Gasteiger partial charge in [0.25, 0.3) is 0 Å². The van der Waals surface area contributed by atoms with Crippen LogP contribution in [0.4, 0.5) is 0 Å². The Kier molecular flexibility index (Phi) is 2.46. The summed E-state index contributed by atoms with van der Waals surface area (Å²) in [6.07, 6.45) is 0. The Bertz CT molecular complexity index is 562. The Hall–Kier alpha value is -1.39. The predicted molar refractivity (Wildman–Crippen MR) is 60.0 cm³/mol. The van der Waals surface area contributed by atoms with Gasteiger partial charge in [0.2, 0.25) is 0 Å². The Morgan fingerprint density at radius 2 is 2.27 bits per heavy atom. The van der Waals surface area contributed by atoms with E-state index in [1.165, 1.54) is 0 Å². The second kappa shape index (κ2) is 3.64. The van der Waals surface area contributed by atoms with Gasteiger partial charge in [-0.05, 0) is 25.1 Å². The van der Waals surface area contributed by atoms with Crippen molar-refractivity contribution >= 4 is 22.5 Å². The highest BCUT2D eigenvalue weighted by molar-refractivity contribution is 6.31. The zero-order chi connectivity index (χ0) is 11.0. The molecule has 3 N–H and O–H groups in total. The average molecular weight is 224 g/mol. The summed E-state index contributed by atoms with van der Waals surface area (Å²) in [6.45, 7) is 1.80. The SMILES string of the molecule is CC(N)c1[nH]c(=O)nc2ccc(Cl)cc12. The number of aromatic nitrogens is 2. The van der Waals surface area contributed by atoms with Gasteiger partial charge in [-0.25, -0.2) is 4.79 Å². The number of rotatable bonds is 1. The number of hydrogen-bond donors (Lipinski definition) is 2. The third kappa shape index (κ3) is 1.86. The van der Waals surface area contributed by atoms with Crippen LogP contribution in [0.2, 0.25) is 5.02 Å². The van der Waals surface area contributed by atoms with Crippen molar-refractivity contribution in [2.75, 3.05) is 0 Å². The van der Waals surface area contributed by atoms with Gasteiger partial charge in [-0.3, -0.25) is 0 Å². The number of benzene rings is 1. The molecule has 0 aliphatic rings. The van der Waals surface area contributed by atoms with Crippen LogP contribution in [0, 0.1) is 0 Å². The van der Waals surface area contributed by atoms with Gasteiger partial charge in [-0.2, -0.15) is 4.98 Å². The first kappa shape index (κ1) is 10.1. The van der Waals surface area contributed by atoms with Gasteiger partial charge < -0.3 is 10.7 Å². The molecule has 1 aromatic carbocycles. The largest absolute Gasteiger partial charge is 0.345 e.